The number of aryl methyl sites for hydroxylation is 1. The van der Waals surface area contributed by atoms with E-state index in [-0.39, 0.29) is 0 Å². The molecule has 0 aliphatic carbocycles. The summed E-state index contributed by atoms with van der Waals surface area (Å²) in [5.74, 6) is 1.01. The van der Waals surface area contributed by atoms with E-state index in [0.29, 0.717) is 6.10 Å². The van der Waals surface area contributed by atoms with Crippen LogP contribution in [0.1, 0.15) is 32.0 Å². The standard InChI is InChI=1S/C11H20N4O/c1-2-15-9-13-14-11(15)8-12-6-5-10-4-3-7-16-10/h9-10,12H,2-8H2,1H3. The Bertz CT molecular complexity index is 307. The fourth-order valence-electron chi connectivity index (χ4n) is 2.02. The summed E-state index contributed by atoms with van der Waals surface area (Å²) in [7, 11) is 0. The number of nitrogens with one attached hydrogen (secondary N) is 1. The van der Waals surface area contributed by atoms with Gasteiger partial charge in [0.25, 0.3) is 0 Å². The Hall–Kier alpha value is -0.940. The number of hydrogen-bond donors (Lipinski definition) is 1. The zero-order chi connectivity index (χ0) is 11.2. The van der Waals surface area contributed by atoms with E-state index in [1.807, 2.05) is 0 Å². The maximum absolute atomic E-state index is 5.56. The minimum absolute atomic E-state index is 0.469. The van der Waals surface area contributed by atoms with E-state index >= 15 is 0 Å². The lowest BCUT2D eigenvalue weighted by atomic mass is 10.2. The van der Waals surface area contributed by atoms with E-state index < -0.39 is 0 Å². The first-order valence-corrected chi connectivity index (χ1v) is 6.09. The molecule has 0 radical (unpaired) electrons. The van der Waals surface area contributed by atoms with E-state index in [2.05, 4.69) is 27.0 Å². The third kappa shape index (κ3) is 3.02. The molecule has 1 aliphatic rings. The van der Waals surface area contributed by atoms with Gasteiger partial charge in [0, 0.05) is 13.2 Å². The van der Waals surface area contributed by atoms with Gasteiger partial charge < -0.3 is 14.6 Å². The van der Waals surface area contributed by atoms with Crippen LogP contribution in [0.15, 0.2) is 6.33 Å². The van der Waals surface area contributed by atoms with Crippen molar-refractivity contribution >= 4 is 0 Å². The van der Waals surface area contributed by atoms with Gasteiger partial charge in [0.15, 0.2) is 0 Å². The molecule has 0 amide bonds. The minimum Gasteiger partial charge on any atom is -0.378 e. The van der Waals surface area contributed by atoms with Crippen molar-refractivity contribution in [2.75, 3.05) is 13.2 Å². The van der Waals surface area contributed by atoms with Crippen molar-refractivity contribution < 1.29 is 4.74 Å². The Morgan fingerprint density at radius 1 is 1.62 bits per heavy atom. The van der Waals surface area contributed by atoms with Crippen molar-refractivity contribution in [1.82, 2.24) is 20.1 Å². The monoisotopic (exact) mass is 224 g/mol. The van der Waals surface area contributed by atoms with Gasteiger partial charge in [-0.1, -0.05) is 0 Å². The van der Waals surface area contributed by atoms with Crippen LogP contribution in [-0.4, -0.2) is 34.0 Å². The number of nitrogens with zero attached hydrogens (tertiary/aromatic N) is 3. The first-order valence-electron chi connectivity index (χ1n) is 6.09. The first-order chi connectivity index (χ1) is 7.90. The second-order valence-corrected chi connectivity index (χ2v) is 4.13. The van der Waals surface area contributed by atoms with Crippen LogP contribution in [0.2, 0.25) is 0 Å². The molecule has 1 aromatic heterocycles. The van der Waals surface area contributed by atoms with Crippen molar-refractivity contribution in [2.45, 2.75) is 45.4 Å². The van der Waals surface area contributed by atoms with Gasteiger partial charge in [-0.3, -0.25) is 0 Å². The molecule has 1 aliphatic heterocycles. The van der Waals surface area contributed by atoms with E-state index in [1.54, 1.807) is 6.33 Å². The highest BCUT2D eigenvalue weighted by molar-refractivity contribution is 4.84. The highest BCUT2D eigenvalue weighted by Gasteiger charge is 2.14. The lowest BCUT2D eigenvalue weighted by Crippen LogP contribution is -2.21. The molecular weight excluding hydrogens is 204 g/mol. The van der Waals surface area contributed by atoms with Crippen LogP contribution in [0, 0.1) is 0 Å². The van der Waals surface area contributed by atoms with Crippen molar-refractivity contribution in [3.8, 4) is 0 Å². The van der Waals surface area contributed by atoms with Crippen LogP contribution in [0.4, 0.5) is 0 Å². The summed E-state index contributed by atoms with van der Waals surface area (Å²) in [6.07, 6.45) is 5.77. The van der Waals surface area contributed by atoms with E-state index in [0.717, 1.165) is 38.5 Å². The van der Waals surface area contributed by atoms with E-state index in [1.165, 1.54) is 12.8 Å². The highest BCUT2D eigenvalue weighted by atomic mass is 16.5. The van der Waals surface area contributed by atoms with Crippen LogP contribution in [0.3, 0.4) is 0 Å². The van der Waals surface area contributed by atoms with Gasteiger partial charge in [-0.05, 0) is 32.7 Å². The summed E-state index contributed by atoms with van der Waals surface area (Å²) >= 11 is 0. The van der Waals surface area contributed by atoms with Gasteiger partial charge in [0.1, 0.15) is 12.2 Å². The third-order valence-electron chi connectivity index (χ3n) is 2.99. The van der Waals surface area contributed by atoms with Crippen LogP contribution in [0.5, 0.6) is 0 Å². The van der Waals surface area contributed by atoms with E-state index in [9.17, 15) is 0 Å². The molecule has 5 nitrogen and oxygen atoms in total. The Morgan fingerprint density at radius 3 is 3.31 bits per heavy atom. The predicted molar refractivity (Wildman–Crippen MR) is 61.0 cm³/mol. The van der Waals surface area contributed by atoms with Gasteiger partial charge in [0.2, 0.25) is 0 Å². The smallest absolute Gasteiger partial charge is 0.146 e. The topological polar surface area (TPSA) is 52.0 Å². The summed E-state index contributed by atoms with van der Waals surface area (Å²) in [6, 6.07) is 0. The SMILES string of the molecule is CCn1cnnc1CNCCC1CCCO1. The molecule has 2 rings (SSSR count). The molecule has 1 aromatic rings. The summed E-state index contributed by atoms with van der Waals surface area (Å²) in [5.41, 5.74) is 0. The first kappa shape index (κ1) is 11.5. The van der Waals surface area contributed by atoms with Crippen molar-refractivity contribution in [3.05, 3.63) is 12.2 Å². The van der Waals surface area contributed by atoms with Crippen molar-refractivity contribution in [2.24, 2.45) is 0 Å². The van der Waals surface area contributed by atoms with Gasteiger partial charge in [-0.2, -0.15) is 0 Å². The maximum Gasteiger partial charge on any atom is 0.146 e. The predicted octanol–water partition coefficient (Wildman–Crippen LogP) is 0.957. The van der Waals surface area contributed by atoms with Crippen molar-refractivity contribution in [1.29, 1.82) is 0 Å². The molecule has 1 fully saturated rings. The number of ether oxygens (including phenoxy) is 1. The summed E-state index contributed by atoms with van der Waals surface area (Å²) in [4.78, 5) is 0. The zero-order valence-electron chi connectivity index (χ0n) is 9.85. The molecule has 0 saturated carbocycles. The summed E-state index contributed by atoms with van der Waals surface area (Å²) in [6.45, 7) is 5.74. The van der Waals surface area contributed by atoms with Crippen LogP contribution < -0.4 is 5.32 Å². The molecule has 1 unspecified atom stereocenters. The Labute approximate surface area is 96.2 Å². The van der Waals surface area contributed by atoms with Gasteiger partial charge >= 0.3 is 0 Å². The average molecular weight is 224 g/mol. The molecule has 16 heavy (non-hydrogen) atoms. The molecule has 90 valence electrons. The van der Waals surface area contributed by atoms with Crippen LogP contribution in [-0.2, 0) is 17.8 Å². The summed E-state index contributed by atoms with van der Waals surface area (Å²) < 4.78 is 7.62. The molecule has 5 heteroatoms. The maximum atomic E-state index is 5.56. The molecule has 0 spiro atoms. The average Bonchev–Trinajstić information content (AvgIpc) is 2.95. The Morgan fingerprint density at radius 2 is 2.56 bits per heavy atom. The quantitative estimate of drug-likeness (QED) is 0.731. The molecule has 2 heterocycles. The third-order valence-corrected chi connectivity index (χ3v) is 2.99. The Kier molecular flexibility index (Phi) is 4.30. The molecule has 1 atom stereocenters. The molecule has 1 N–H and O–H groups in total. The number of hydrogen-bond acceptors (Lipinski definition) is 4. The van der Waals surface area contributed by atoms with E-state index in [4.69, 9.17) is 4.74 Å². The largest absolute Gasteiger partial charge is 0.378 e. The van der Waals surface area contributed by atoms with Gasteiger partial charge in [0.05, 0.1) is 12.6 Å². The van der Waals surface area contributed by atoms with Gasteiger partial charge in [-0.25, -0.2) is 0 Å². The normalized spacial score (nSPS) is 20.4. The lowest BCUT2D eigenvalue weighted by molar-refractivity contribution is 0.104. The molecule has 0 aromatic carbocycles. The minimum atomic E-state index is 0.469. The fourth-order valence-corrected chi connectivity index (χ4v) is 2.02. The lowest BCUT2D eigenvalue weighted by Gasteiger charge is -2.09. The zero-order valence-corrected chi connectivity index (χ0v) is 9.85. The number of aromatic nitrogens is 3. The molecular formula is C11H20N4O. The van der Waals surface area contributed by atoms with Gasteiger partial charge in [-0.15, -0.1) is 10.2 Å². The van der Waals surface area contributed by atoms with Crippen molar-refractivity contribution in [3.63, 3.8) is 0 Å². The Balaban J connectivity index is 1.64. The van der Waals surface area contributed by atoms with Crippen LogP contribution in [0.25, 0.3) is 0 Å². The second kappa shape index (κ2) is 5.96. The highest BCUT2D eigenvalue weighted by Crippen LogP contribution is 2.14. The van der Waals surface area contributed by atoms with Crippen LogP contribution >= 0.6 is 0 Å². The molecule has 0 bridgehead atoms. The fraction of sp³-hybridized carbons (Fsp3) is 0.818. The second-order valence-electron chi connectivity index (χ2n) is 4.13. The summed E-state index contributed by atoms with van der Waals surface area (Å²) in [5, 5.41) is 11.4. The molecule has 1 saturated heterocycles. The number of rotatable bonds is 6.